The summed E-state index contributed by atoms with van der Waals surface area (Å²) in [6.45, 7) is 1.36. The third-order valence-corrected chi connectivity index (χ3v) is 5.77. The fourth-order valence-corrected chi connectivity index (χ4v) is 3.96. The predicted molar refractivity (Wildman–Crippen MR) is 118 cm³/mol. The van der Waals surface area contributed by atoms with Crippen molar-refractivity contribution in [1.82, 2.24) is 0 Å². The number of aliphatic hydroxyl groups is 1. The molecule has 5 nitrogen and oxygen atoms in total. The van der Waals surface area contributed by atoms with Gasteiger partial charge in [0.15, 0.2) is 0 Å². The van der Waals surface area contributed by atoms with Gasteiger partial charge in [-0.05, 0) is 60.6 Å². The molecule has 1 unspecified atom stereocenters. The highest BCUT2D eigenvalue weighted by Gasteiger charge is 2.19. The molecule has 1 fully saturated rings. The molecule has 2 aromatic carbocycles. The van der Waals surface area contributed by atoms with Gasteiger partial charge in [-0.1, -0.05) is 43.5 Å². The van der Waals surface area contributed by atoms with E-state index in [1.807, 2.05) is 48.5 Å². The van der Waals surface area contributed by atoms with E-state index in [0.717, 1.165) is 29.2 Å². The molecule has 3 rings (SSSR count). The van der Waals surface area contributed by atoms with Crippen LogP contribution in [0.4, 0.5) is 0 Å². The fourth-order valence-electron chi connectivity index (χ4n) is 3.96. The number of carbonyl (C=O) groups is 1. The summed E-state index contributed by atoms with van der Waals surface area (Å²) in [5.74, 6) is 1.53. The van der Waals surface area contributed by atoms with Gasteiger partial charge in [-0.3, -0.25) is 4.79 Å². The van der Waals surface area contributed by atoms with E-state index in [9.17, 15) is 4.79 Å². The predicted octanol–water partition coefficient (Wildman–Crippen LogP) is 4.22. The number of hydrogen-bond donors (Lipinski definition) is 2. The van der Waals surface area contributed by atoms with E-state index < -0.39 is 5.92 Å². The zero-order chi connectivity index (χ0) is 21.2. The SMILES string of the molecule is NC(=O)C(Cc1ccc(OCCCO)cc1)c1ccc(OCC2CCCCC2)cc1. The van der Waals surface area contributed by atoms with Crippen molar-refractivity contribution in [2.45, 2.75) is 50.9 Å². The molecule has 0 spiro atoms. The summed E-state index contributed by atoms with van der Waals surface area (Å²) < 4.78 is 11.5. The Bertz CT molecular complexity index is 767. The molecular formula is C25H33NO4. The van der Waals surface area contributed by atoms with E-state index in [1.54, 1.807) is 0 Å². The quantitative estimate of drug-likeness (QED) is 0.543. The number of carbonyl (C=O) groups excluding carboxylic acids is 1. The summed E-state index contributed by atoms with van der Waals surface area (Å²) in [6.07, 6.45) is 7.62. The first-order valence-electron chi connectivity index (χ1n) is 11.0. The van der Waals surface area contributed by atoms with E-state index in [-0.39, 0.29) is 12.5 Å². The van der Waals surface area contributed by atoms with Gasteiger partial charge in [0.25, 0.3) is 0 Å². The van der Waals surface area contributed by atoms with E-state index in [2.05, 4.69) is 0 Å². The summed E-state index contributed by atoms with van der Waals surface area (Å²) in [5, 5.41) is 8.82. The number of primary amides is 1. The molecule has 1 amide bonds. The molecule has 1 aliphatic carbocycles. The van der Waals surface area contributed by atoms with Crippen molar-refractivity contribution >= 4 is 5.91 Å². The number of aliphatic hydroxyl groups excluding tert-OH is 1. The van der Waals surface area contributed by atoms with Crippen LogP contribution < -0.4 is 15.2 Å². The largest absolute Gasteiger partial charge is 0.494 e. The Hall–Kier alpha value is -2.53. The number of nitrogens with two attached hydrogens (primary N) is 1. The van der Waals surface area contributed by atoms with Crippen LogP contribution in [0.1, 0.15) is 55.6 Å². The molecule has 1 atom stereocenters. The van der Waals surface area contributed by atoms with Crippen molar-refractivity contribution in [3.8, 4) is 11.5 Å². The Morgan fingerprint density at radius 3 is 2.23 bits per heavy atom. The smallest absolute Gasteiger partial charge is 0.225 e. The van der Waals surface area contributed by atoms with Crippen molar-refractivity contribution in [3.05, 3.63) is 59.7 Å². The molecule has 2 aromatic rings. The van der Waals surface area contributed by atoms with E-state index in [1.165, 1.54) is 32.1 Å². The number of rotatable bonds is 11. The molecule has 0 radical (unpaired) electrons. The average molecular weight is 412 g/mol. The van der Waals surface area contributed by atoms with Gasteiger partial charge in [0.05, 0.1) is 19.1 Å². The van der Waals surface area contributed by atoms with Gasteiger partial charge in [-0.25, -0.2) is 0 Å². The molecule has 0 aromatic heterocycles. The second-order valence-corrected chi connectivity index (χ2v) is 8.11. The van der Waals surface area contributed by atoms with Crippen LogP contribution in [0.2, 0.25) is 0 Å². The number of hydrogen-bond acceptors (Lipinski definition) is 4. The van der Waals surface area contributed by atoms with Crippen molar-refractivity contribution < 1.29 is 19.4 Å². The molecule has 0 bridgehead atoms. The van der Waals surface area contributed by atoms with Crippen LogP contribution in [0, 0.1) is 5.92 Å². The number of ether oxygens (including phenoxy) is 2. The monoisotopic (exact) mass is 411 g/mol. The van der Waals surface area contributed by atoms with Crippen molar-refractivity contribution in [2.24, 2.45) is 11.7 Å². The maximum absolute atomic E-state index is 12.1. The van der Waals surface area contributed by atoms with Crippen LogP contribution in [0.5, 0.6) is 11.5 Å². The van der Waals surface area contributed by atoms with E-state index in [0.29, 0.717) is 25.4 Å². The van der Waals surface area contributed by atoms with Crippen LogP contribution in [0.3, 0.4) is 0 Å². The van der Waals surface area contributed by atoms with Crippen molar-refractivity contribution in [3.63, 3.8) is 0 Å². The van der Waals surface area contributed by atoms with Crippen LogP contribution in [-0.4, -0.2) is 30.8 Å². The molecule has 0 aliphatic heterocycles. The highest BCUT2D eigenvalue weighted by molar-refractivity contribution is 5.82. The minimum Gasteiger partial charge on any atom is -0.494 e. The van der Waals surface area contributed by atoms with Crippen LogP contribution in [0.15, 0.2) is 48.5 Å². The fraction of sp³-hybridized carbons (Fsp3) is 0.480. The third kappa shape index (κ3) is 6.77. The lowest BCUT2D eigenvalue weighted by Gasteiger charge is -2.22. The normalized spacial score (nSPS) is 15.5. The van der Waals surface area contributed by atoms with Gasteiger partial charge in [0.1, 0.15) is 11.5 Å². The molecule has 1 saturated carbocycles. The minimum atomic E-state index is -0.390. The third-order valence-electron chi connectivity index (χ3n) is 5.77. The van der Waals surface area contributed by atoms with Crippen molar-refractivity contribution in [1.29, 1.82) is 0 Å². The van der Waals surface area contributed by atoms with E-state index in [4.69, 9.17) is 20.3 Å². The molecule has 5 heteroatoms. The Morgan fingerprint density at radius 1 is 0.967 bits per heavy atom. The Labute approximate surface area is 179 Å². The average Bonchev–Trinajstić information content (AvgIpc) is 2.78. The lowest BCUT2D eigenvalue weighted by Crippen LogP contribution is -2.23. The summed E-state index contributed by atoms with van der Waals surface area (Å²) in [5.41, 5.74) is 7.62. The summed E-state index contributed by atoms with van der Waals surface area (Å²) in [7, 11) is 0. The van der Waals surface area contributed by atoms with Gasteiger partial charge >= 0.3 is 0 Å². The summed E-state index contributed by atoms with van der Waals surface area (Å²) >= 11 is 0. The Morgan fingerprint density at radius 2 is 1.60 bits per heavy atom. The zero-order valence-electron chi connectivity index (χ0n) is 17.6. The molecule has 0 heterocycles. The topological polar surface area (TPSA) is 81.8 Å². The number of benzene rings is 2. The molecular weight excluding hydrogens is 378 g/mol. The van der Waals surface area contributed by atoms with Gasteiger partial charge in [-0.2, -0.15) is 0 Å². The number of amides is 1. The summed E-state index contributed by atoms with van der Waals surface area (Å²) in [4.78, 5) is 12.1. The molecule has 30 heavy (non-hydrogen) atoms. The van der Waals surface area contributed by atoms with Gasteiger partial charge in [0, 0.05) is 13.0 Å². The van der Waals surface area contributed by atoms with Gasteiger partial charge in [-0.15, -0.1) is 0 Å². The van der Waals surface area contributed by atoms with Crippen LogP contribution in [0.25, 0.3) is 0 Å². The first kappa shape index (κ1) is 22.2. The molecule has 1 aliphatic rings. The second-order valence-electron chi connectivity index (χ2n) is 8.11. The van der Waals surface area contributed by atoms with Crippen LogP contribution in [-0.2, 0) is 11.2 Å². The standard InChI is InChI=1S/C25H33NO4/c26-25(28)24(17-19-7-11-22(12-8-19)29-16-4-15-27)21-9-13-23(14-10-21)30-18-20-5-2-1-3-6-20/h7-14,20,24,27H,1-6,15-18H2,(H2,26,28). The first-order chi connectivity index (χ1) is 14.7. The second kappa shape index (κ2) is 11.6. The zero-order valence-corrected chi connectivity index (χ0v) is 17.6. The highest BCUT2D eigenvalue weighted by Crippen LogP contribution is 2.27. The maximum Gasteiger partial charge on any atom is 0.225 e. The van der Waals surface area contributed by atoms with Crippen molar-refractivity contribution in [2.75, 3.05) is 19.8 Å². The lowest BCUT2D eigenvalue weighted by molar-refractivity contribution is -0.119. The lowest BCUT2D eigenvalue weighted by atomic mass is 9.90. The summed E-state index contributed by atoms with van der Waals surface area (Å²) in [6, 6.07) is 15.4. The Kier molecular flexibility index (Phi) is 8.57. The van der Waals surface area contributed by atoms with Gasteiger partial charge < -0.3 is 20.3 Å². The Balaban J connectivity index is 1.56. The first-order valence-corrected chi connectivity index (χ1v) is 11.0. The maximum atomic E-state index is 12.1. The minimum absolute atomic E-state index is 0.114. The molecule has 0 saturated heterocycles. The molecule has 3 N–H and O–H groups in total. The van der Waals surface area contributed by atoms with Gasteiger partial charge in [0.2, 0.25) is 5.91 Å². The van der Waals surface area contributed by atoms with Crippen LogP contribution >= 0.6 is 0 Å². The highest BCUT2D eigenvalue weighted by atomic mass is 16.5. The van der Waals surface area contributed by atoms with E-state index >= 15 is 0 Å². The molecule has 162 valence electrons.